The van der Waals surface area contributed by atoms with Gasteiger partial charge in [0.15, 0.2) is 5.82 Å². The first kappa shape index (κ1) is 16.0. The van der Waals surface area contributed by atoms with Crippen LogP contribution in [0.5, 0.6) is 0 Å². The van der Waals surface area contributed by atoms with Gasteiger partial charge in [-0.25, -0.2) is 0 Å². The molecule has 1 aliphatic heterocycles. The van der Waals surface area contributed by atoms with Crippen LogP contribution in [-0.4, -0.2) is 43.6 Å². The van der Waals surface area contributed by atoms with E-state index in [2.05, 4.69) is 22.1 Å². The maximum absolute atomic E-state index is 11.2. The van der Waals surface area contributed by atoms with E-state index in [-0.39, 0.29) is 6.10 Å². The minimum Gasteiger partial charge on any atom is -0.355 e. The van der Waals surface area contributed by atoms with Gasteiger partial charge in [0.1, 0.15) is 0 Å². The first-order chi connectivity index (χ1) is 11.0. The lowest BCUT2D eigenvalue weighted by Crippen LogP contribution is -2.38. The molecule has 3 rings (SSSR count). The molecule has 0 atom stereocenters. The lowest BCUT2D eigenvalue weighted by molar-refractivity contribution is 0.180. The van der Waals surface area contributed by atoms with Crippen molar-refractivity contribution < 1.29 is 12.6 Å². The maximum Gasteiger partial charge on any atom is 0.264 e. The average Bonchev–Trinajstić information content (AvgIpc) is 2.96. The second-order valence-corrected chi connectivity index (χ2v) is 7.44. The minimum absolute atomic E-state index is 0.215. The summed E-state index contributed by atoms with van der Waals surface area (Å²) >= 11 is 0. The van der Waals surface area contributed by atoms with E-state index < -0.39 is 10.1 Å². The summed E-state index contributed by atoms with van der Waals surface area (Å²) in [5.74, 6) is 0.929. The molecular formula is C16H21N3O3S. The zero-order valence-corrected chi connectivity index (χ0v) is 13.9. The van der Waals surface area contributed by atoms with E-state index in [4.69, 9.17) is 4.18 Å². The molecule has 7 heteroatoms. The first-order valence-corrected chi connectivity index (χ1v) is 9.52. The second kappa shape index (κ2) is 6.72. The molecule has 6 nitrogen and oxygen atoms in total. The summed E-state index contributed by atoms with van der Waals surface area (Å²) in [7, 11) is -3.37. The topological polar surface area (TPSA) is 64.4 Å². The molecule has 2 heterocycles. The highest BCUT2D eigenvalue weighted by atomic mass is 32.2. The molecule has 1 fully saturated rings. The van der Waals surface area contributed by atoms with Crippen molar-refractivity contribution in [1.29, 1.82) is 0 Å². The van der Waals surface area contributed by atoms with Crippen molar-refractivity contribution in [3.8, 4) is 0 Å². The third-order valence-corrected chi connectivity index (χ3v) is 4.51. The first-order valence-electron chi connectivity index (χ1n) is 7.70. The van der Waals surface area contributed by atoms with E-state index in [9.17, 15) is 8.42 Å². The van der Waals surface area contributed by atoms with Gasteiger partial charge in [0.2, 0.25) is 0 Å². The smallest absolute Gasteiger partial charge is 0.264 e. The Balaban J connectivity index is 1.57. The lowest BCUT2D eigenvalue weighted by Gasteiger charge is -2.31. The van der Waals surface area contributed by atoms with Gasteiger partial charge in [0, 0.05) is 25.4 Å². The van der Waals surface area contributed by atoms with Crippen LogP contribution in [0.1, 0.15) is 18.4 Å². The van der Waals surface area contributed by atoms with Crippen molar-refractivity contribution in [2.45, 2.75) is 25.5 Å². The average molecular weight is 335 g/mol. The molecule has 2 aromatic rings. The monoisotopic (exact) mass is 335 g/mol. The molecule has 0 amide bonds. The molecule has 1 aromatic heterocycles. The normalized spacial score (nSPS) is 16.7. The molecule has 0 N–H and O–H groups in total. The SMILES string of the molecule is CS(=O)(=O)OC1CCN(c2ccn(Cc3ccccc3)n2)CC1. The van der Waals surface area contributed by atoms with E-state index in [1.165, 1.54) is 5.56 Å². The largest absolute Gasteiger partial charge is 0.355 e. The molecule has 1 aromatic carbocycles. The van der Waals surface area contributed by atoms with E-state index in [1.54, 1.807) is 0 Å². The van der Waals surface area contributed by atoms with Crippen LogP contribution in [0, 0.1) is 0 Å². The Morgan fingerprint density at radius 1 is 1.17 bits per heavy atom. The van der Waals surface area contributed by atoms with Gasteiger partial charge in [-0.05, 0) is 18.4 Å². The van der Waals surface area contributed by atoms with E-state index in [0.717, 1.165) is 31.7 Å². The number of benzene rings is 1. The minimum atomic E-state index is -3.37. The molecule has 1 aliphatic rings. The van der Waals surface area contributed by atoms with E-state index in [0.29, 0.717) is 12.8 Å². The Kier molecular flexibility index (Phi) is 4.68. The van der Waals surface area contributed by atoms with Crippen molar-refractivity contribution >= 4 is 15.9 Å². The van der Waals surface area contributed by atoms with E-state index >= 15 is 0 Å². The second-order valence-electron chi connectivity index (χ2n) is 5.84. The molecule has 23 heavy (non-hydrogen) atoms. The van der Waals surface area contributed by atoms with Crippen molar-refractivity contribution in [3.63, 3.8) is 0 Å². The number of nitrogens with zero attached hydrogens (tertiary/aromatic N) is 3. The molecule has 0 radical (unpaired) electrons. The molecular weight excluding hydrogens is 314 g/mol. The molecule has 1 saturated heterocycles. The fourth-order valence-corrected chi connectivity index (χ4v) is 3.49. The van der Waals surface area contributed by atoms with Gasteiger partial charge in [-0.15, -0.1) is 0 Å². The van der Waals surface area contributed by atoms with Gasteiger partial charge < -0.3 is 4.90 Å². The highest BCUT2D eigenvalue weighted by molar-refractivity contribution is 7.86. The van der Waals surface area contributed by atoms with Gasteiger partial charge in [-0.2, -0.15) is 13.5 Å². The third-order valence-electron chi connectivity index (χ3n) is 3.89. The summed E-state index contributed by atoms with van der Waals surface area (Å²) in [4.78, 5) is 2.17. The summed E-state index contributed by atoms with van der Waals surface area (Å²) in [6.07, 6.45) is 4.25. The summed E-state index contributed by atoms with van der Waals surface area (Å²) in [5, 5.41) is 4.61. The van der Waals surface area contributed by atoms with Crippen molar-refractivity contribution in [3.05, 3.63) is 48.2 Å². The van der Waals surface area contributed by atoms with Gasteiger partial charge in [-0.3, -0.25) is 8.86 Å². The zero-order chi connectivity index (χ0) is 16.3. The quantitative estimate of drug-likeness (QED) is 0.781. The summed E-state index contributed by atoms with van der Waals surface area (Å²) in [6.45, 7) is 2.25. The summed E-state index contributed by atoms with van der Waals surface area (Å²) in [5.41, 5.74) is 1.21. The predicted octanol–water partition coefficient (Wildman–Crippen LogP) is 1.88. The predicted molar refractivity (Wildman–Crippen MR) is 88.9 cm³/mol. The Morgan fingerprint density at radius 2 is 1.87 bits per heavy atom. The van der Waals surface area contributed by atoms with Crippen LogP contribution in [0.4, 0.5) is 5.82 Å². The fraction of sp³-hybridized carbons (Fsp3) is 0.438. The number of aromatic nitrogens is 2. The van der Waals surface area contributed by atoms with Crippen molar-refractivity contribution in [2.75, 3.05) is 24.2 Å². The van der Waals surface area contributed by atoms with Crippen LogP contribution in [0.3, 0.4) is 0 Å². The molecule has 124 valence electrons. The maximum atomic E-state index is 11.2. The summed E-state index contributed by atoms with van der Waals surface area (Å²) in [6, 6.07) is 12.2. The van der Waals surface area contributed by atoms with Crippen LogP contribution in [0.2, 0.25) is 0 Å². The van der Waals surface area contributed by atoms with Crippen LogP contribution in [0.15, 0.2) is 42.6 Å². The fourth-order valence-electron chi connectivity index (χ4n) is 2.81. The zero-order valence-electron chi connectivity index (χ0n) is 13.1. The van der Waals surface area contributed by atoms with Crippen LogP contribution >= 0.6 is 0 Å². The van der Waals surface area contributed by atoms with Crippen molar-refractivity contribution in [2.24, 2.45) is 0 Å². The number of piperidine rings is 1. The Labute approximate surface area is 136 Å². The number of anilines is 1. The number of rotatable bonds is 5. The molecule has 0 unspecified atom stereocenters. The Bertz CT molecular complexity index is 735. The van der Waals surface area contributed by atoms with Gasteiger partial charge in [0.25, 0.3) is 10.1 Å². The molecule has 0 aliphatic carbocycles. The molecule has 0 saturated carbocycles. The van der Waals surface area contributed by atoms with Gasteiger partial charge in [0.05, 0.1) is 18.9 Å². The lowest BCUT2D eigenvalue weighted by atomic mass is 10.1. The van der Waals surface area contributed by atoms with Crippen molar-refractivity contribution in [1.82, 2.24) is 9.78 Å². The molecule has 0 spiro atoms. The van der Waals surface area contributed by atoms with Gasteiger partial charge in [-0.1, -0.05) is 30.3 Å². The standard InChI is InChI=1S/C16H21N3O3S/c1-23(20,21)22-15-7-10-18(11-8-15)16-9-12-19(17-16)13-14-5-3-2-4-6-14/h2-6,9,12,15H,7-8,10-11,13H2,1H3. The summed E-state index contributed by atoms with van der Waals surface area (Å²) < 4.78 is 29.3. The van der Waals surface area contributed by atoms with Gasteiger partial charge >= 0.3 is 0 Å². The third kappa shape index (κ3) is 4.56. The Hall–Kier alpha value is -1.86. The van der Waals surface area contributed by atoms with Crippen LogP contribution in [0.25, 0.3) is 0 Å². The molecule has 0 bridgehead atoms. The Morgan fingerprint density at radius 3 is 2.52 bits per heavy atom. The van der Waals surface area contributed by atoms with Crippen LogP contribution < -0.4 is 4.90 Å². The number of hydrogen-bond acceptors (Lipinski definition) is 5. The highest BCUT2D eigenvalue weighted by Gasteiger charge is 2.24. The van der Waals surface area contributed by atoms with E-state index in [1.807, 2.05) is 35.1 Å². The van der Waals surface area contributed by atoms with Crippen LogP contribution in [-0.2, 0) is 20.8 Å². The number of hydrogen-bond donors (Lipinski definition) is 0. The highest BCUT2D eigenvalue weighted by Crippen LogP contribution is 2.20.